The maximum atomic E-state index is 6.05. The Kier molecular flexibility index (Phi) is 10.6. The summed E-state index contributed by atoms with van der Waals surface area (Å²) in [5.41, 5.74) is -0.345. The minimum atomic E-state index is -0.172. The van der Waals surface area contributed by atoms with Crippen LogP contribution in [0.15, 0.2) is 0 Å². The maximum absolute atomic E-state index is 6.05. The molecule has 0 aromatic heterocycles. The van der Waals surface area contributed by atoms with E-state index in [1.807, 2.05) is 0 Å². The van der Waals surface area contributed by atoms with Crippen LogP contribution in [0.3, 0.4) is 0 Å². The highest BCUT2D eigenvalue weighted by atomic mass is 16.7. The van der Waals surface area contributed by atoms with Crippen molar-refractivity contribution in [3.8, 4) is 0 Å². The van der Waals surface area contributed by atoms with E-state index in [1.54, 1.807) is 0 Å². The zero-order valence-corrected chi connectivity index (χ0v) is 17.3. The molecular formula is C21H43BO2. The van der Waals surface area contributed by atoms with E-state index in [2.05, 4.69) is 34.6 Å². The molecule has 0 atom stereocenters. The molecule has 3 heteroatoms. The molecule has 0 unspecified atom stereocenters. The number of hydrogen-bond donors (Lipinski definition) is 0. The Morgan fingerprint density at radius 2 is 0.875 bits per heavy atom. The lowest BCUT2D eigenvalue weighted by atomic mass is 9.82. The molecule has 1 aliphatic rings. The van der Waals surface area contributed by atoms with E-state index >= 15 is 0 Å². The van der Waals surface area contributed by atoms with Gasteiger partial charge in [-0.3, -0.25) is 0 Å². The molecule has 0 N–H and O–H groups in total. The second kappa shape index (κ2) is 11.6. The Morgan fingerprint density at radius 1 is 0.542 bits per heavy atom. The van der Waals surface area contributed by atoms with Crippen LogP contribution in [-0.4, -0.2) is 18.3 Å². The van der Waals surface area contributed by atoms with Crippen molar-refractivity contribution in [2.24, 2.45) is 0 Å². The molecular weight excluding hydrogens is 295 g/mol. The number of hydrogen-bond acceptors (Lipinski definition) is 2. The highest BCUT2D eigenvalue weighted by Crippen LogP contribution is 2.38. The van der Waals surface area contributed by atoms with Crippen molar-refractivity contribution in [3.05, 3.63) is 0 Å². The van der Waals surface area contributed by atoms with Crippen molar-refractivity contribution >= 4 is 7.12 Å². The molecule has 0 aromatic rings. The molecule has 1 aliphatic heterocycles. The van der Waals surface area contributed by atoms with Crippen LogP contribution in [0.5, 0.6) is 0 Å². The molecule has 0 aromatic carbocycles. The maximum Gasteiger partial charge on any atom is 0.457 e. The molecule has 142 valence electrons. The summed E-state index contributed by atoms with van der Waals surface area (Å²) in [6, 6.07) is 0. The monoisotopic (exact) mass is 338 g/mol. The van der Waals surface area contributed by atoms with Crippen LogP contribution in [-0.2, 0) is 9.31 Å². The summed E-state index contributed by atoms with van der Waals surface area (Å²) in [5.74, 6) is 0. The average molecular weight is 338 g/mol. The van der Waals surface area contributed by atoms with E-state index < -0.39 is 0 Å². The van der Waals surface area contributed by atoms with Gasteiger partial charge >= 0.3 is 7.12 Å². The van der Waals surface area contributed by atoms with Gasteiger partial charge in [0.25, 0.3) is 0 Å². The van der Waals surface area contributed by atoms with Crippen LogP contribution < -0.4 is 0 Å². The van der Waals surface area contributed by atoms with E-state index in [4.69, 9.17) is 9.31 Å². The number of unbranched alkanes of at least 4 members (excludes halogenated alkanes) is 12. The molecule has 0 radical (unpaired) electrons. The van der Waals surface area contributed by atoms with Gasteiger partial charge in [-0.1, -0.05) is 90.4 Å². The Labute approximate surface area is 152 Å². The summed E-state index contributed by atoms with van der Waals surface area (Å²) in [4.78, 5) is 0. The zero-order chi connectivity index (χ0) is 17.9. The third-order valence-electron chi connectivity index (χ3n) is 5.85. The fraction of sp³-hybridized carbons (Fsp3) is 1.00. The first kappa shape index (κ1) is 22.0. The zero-order valence-electron chi connectivity index (χ0n) is 17.3. The Morgan fingerprint density at radius 3 is 1.25 bits per heavy atom. The van der Waals surface area contributed by atoms with Crippen LogP contribution in [0, 0.1) is 0 Å². The van der Waals surface area contributed by atoms with Gasteiger partial charge in [0.15, 0.2) is 0 Å². The Bertz CT molecular complexity index is 299. The highest BCUT2D eigenvalue weighted by Gasteiger charge is 2.50. The predicted octanol–water partition coefficient (Wildman–Crippen LogP) is 7.17. The molecule has 0 saturated carbocycles. The van der Waals surface area contributed by atoms with Gasteiger partial charge in [0.1, 0.15) is 0 Å². The van der Waals surface area contributed by atoms with Gasteiger partial charge in [0, 0.05) is 0 Å². The Hall–Kier alpha value is -0.0151. The van der Waals surface area contributed by atoms with E-state index in [-0.39, 0.29) is 18.3 Å². The first-order valence-electron chi connectivity index (χ1n) is 10.7. The van der Waals surface area contributed by atoms with Crippen molar-refractivity contribution in [2.75, 3.05) is 0 Å². The standard InChI is InChI=1S/C21H43BO2/c1-6-7-8-9-10-11-12-13-14-15-16-17-18-19-22-23-20(2,3)21(4,5)24-22/h6-19H2,1-5H3. The average Bonchev–Trinajstić information content (AvgIpc) is 2.71. The molecule has 0 aliphatic carbocycles. The first-order chi connectivity index (χ1) is 11.4. The largest absolute Gasteiger partial charge is 0.457 e. The second-order valence-corrected chi connectivity index (χ2v) is 8.72. The molecule has 0 bridgehead atoms. The Balaban J connectivity index is 1.85. The van der Waals surface area contributed by atoms with Crippen LogP contribution in [0.2, 0.25) is 6.32 Å². The third-order valence-corrected chi connectivity index (χ3v) is 5.85. The number of rotatable bonds is 14. The van der Waals surface area contributed by atoms with E-state index in [0.29, 0.717) is 0 Å². The first-order valence-corrected chi connectivity index (χ1v) is 10.7. The van der Waals surface area contributed by atoms with Crippen molar-refractivity contribution in [1.29, 1.82) is 0 Å². The van der Waals surface area contributed by atoms with Crippen LogP contribution >= 0.6 is 0 Å². The van der Waals surface area contributed by atoms with Gasteiger partial charge in [-0.25, -0.2) is 0 Å². The second-order valence-electron chi connectivity index (χ2n) is 8.72. The summed E-state index contributed by atoms with van der Waals surface area (Å²) in [7, 11) is 0.00251. The van der Waals surface area contributed by atoms with E-state index in [0.717, 1.165) is 6.32 Å². The summed E-state index contributed by atoms with van der Waals surface area (Å²) < 4.78 is 12.1. The molecule has 2 nitrogen and oxygen atoms in total. The van der Waals surface area contributed by atoms with Gasteiger partial charge < -0.3 is 9.31 Å². The van der Waals surface area contributed by atoms with Gasteiger partial charge in [0.05, 0.1) is 11.2 Å². The summed E-state index contributed by atoms with van der Waals surface area (Å²) in [5, 5.41) is 0. The van der Waals surface area contributed by atoms with Crippen molar-refractivity contribution < 1.29 is 9.31 Å². The van der Waals surface area contributed by atoms with Crippen LogP contribution in [0.25, 0.3) is 0 Å². The summed E-state index contributed by atoms with van der Waals surface area (Å²) in [6.07, 6.45) is 19.2. The highest BCUT2D eigenvalue weighted by molar-refractivity contribution is 6.45. The minimum absolute atomic E-state index is 0.00251. The van der Waals surface area contributed by atoms with Gasteiger partial charge in [0.2, 0.25) is 0 Å². The predicted molar refractivity (Wildman–Crippen MR) is 107 cm³/mol. The quantitative estimate of drug-likeness (QED) is 0.247. The van der Waals surface area contributed by atoms with Crippen LogP contribution in [0.1, 0.15) is 118 Å². The van der Waals surface area contributed by atoms with Crippen molar-refractivity contribution in [2.45, 2.75) is 136 Å². The smallest absolute Gasteiger partial charge is 0.403 e. The van der Waals surface area contributed by atoms with Crippen LogP contribution in [0.4, 0.5) is 0 Å². The molecule has 1 fully saturated rings. The van der Waals surface area contributed by atoms with E-state index in [1.165, 1.54) is 83.5 Å². The fourth-order valence-corrected chi connectivity index (χ4v) is 3.41. The fourth-order valence-electron chi connectivity index (χ4n) is 3.41. The molecule has 0 spiro atoms. The molecule has 24 heavy (non-hydrogen) atoms. The van der Waals surface area contributed by atoms with Crippen molar-refractivity contribution in [3.63, 3.8) is 0 Å². The van der Waals surface area contributed by atoms with Gasteiger partial charge in [-0.2, -0.15) is 0 Å². The lowest BCUT2D eigenvalue weighted by molar-refractivity contribution is 0.00578. The SMILES string of the molecule is CCCCCCCCCCCCCCCB1OC(C)(C)C(C)(C)O1. The molecule has 1 rings (SSSR count). The van der Waals surface area contributed by atoms with Crippen molar-refractivity contribution in [1.82, 2.24) is 0 Å². The summed E-state index contributed by atoms with van der Waals surface area (Å²) in [6.45, 7) is 10.8. The molecule has 1 heterocycles. The molecule has 1 saturated heterocycles. The third kappa shape index (κ3) is 8.38. The molecule has 0 amide bonds. The lowest BCUT2D eigenvalue weighted by Gasteiger charge is -2.32. The minimum Gasteiger partial charge on any atom is -0.403 e. The normalized spacial score (nSPS) is 19.1. The topological polar surface area (TPSA) is 18.5 Å². The summed E-state index contributed by atoms with van der Waals surface area (Å²) >= 11 is 0. The lowest BCUT2D eigenvalue weighted by Crippen LogP contribution is -2.41. The van der Waals surface area contributed by atoms with E-state index in [9.17, 15) is 0 Å². The van der Waals surface area contributed by atoms with Gasteiger partial charge in [-0.05, 0) is 34.0 Å². The van der Waals surface area contributed by atoms with Gasteiger partial charge in [-0.15, -0.1) is 0 Å².